The number of fused-ring (bicyclic) bond motifs is 3. The monoisotopic (exact) mass is 307 g/mol. The fraction of sp³-hybridized carbons (Fsp3) is 0.350. The van der Waals surface area contributed by atoms with Gasteiger partial charge < -0.3 is 4.90 Å². The van der Waals surface area contributed by atoms with Crippen LogP contribution in [0.25, 0.3) is 21.8 Å². The van der Waals surface area contributed by atoms with Crippen LogP contribution in [0.3, 0.4) is 0 Å². The Morgan fingerprint density at radius 1 is 1.04 bits per heavy atom. The molecule has 1 saturated heterocycles. The largest absolute Gasteiger partial charge is 0.325 e. The van der Waals surface area contributed by atoms with Crippen molar-refractivity contribution in [3.63, 3.8) is 0 Å². The molecule has 0 aliphatic carbocycles. The van der Waals surface area contributed by atoms with Gasteiger partial charge >= 0.3 is 0 Å². The minimum atomic E-state index is 0.214. The predicted molar refractivity (Wildman–Crippen MR) is 94.1 cm³/mol. The van der Waals surface area contributed by atoms with Crippen LogP contribution in [0.5, 0.6) is 0 Å². The first-order valence-electron chi connectivity index (χ1n) is 8.61. The molecule has 0 amide bonds. The average Bonchev–Trinajstić information content (AvgIpc) is 2.91. The number of aromatic nitrogens is 1. The molecule has 4 rings (SSSR count). The molecule has 0 bridgehead atoms. The lowest BCUT2D eigenvalue weighted by atomic mass is 10.0. The third-order valence-electron chi connectivity index (χ3n) is 5.29. The smallest absolute Gasteiger partial charge is 0.286 e. The van der Waals surface area contributed by atoms with Gasteiger partial charge in [0.15, 0.2) is 6.54 Å². The van der Waals surface area contributed by atoms with Gasteiger partial charge in [-0.1, -0.05) is 36.4 Å². The van der Waals surface area contributed by atoms with Crippen molar-refractivity contribution in [2.45, 2.75) is 32.2 Å². The van der Waals surface area contributed by atoms with E-state index in [2.05, 4.69) is 31.2 Å². The van der Waals surface area contributed by atoms with Crippen molar-refractivity contribution >= 4 is 27.7 Å². The quantitative estimate of drug-likeness (QED) is 0.774. The number of likely N-dealkylation sites (tertiary alicyclic amines) is 1. The number of quaternary nitrogens is 1. The molecule has 3 aromatic rings. The Hall–Kier alpha value is -2.13. The summed E-state index contributed by atoms with van der Waals surface area (Å²) >= 11 is 0. The van der Waals surface area contributed by atoms with Crippen molar-refractivity contribution in [1.29, 1.82) is 0 Å². The number of para-hydroxylation sites is 2. The Morgan fingerprint density at radius 3 is 2.26 bits per heavy atom. The molecule has 3 nitrogen and oxygen atoms in total. The van der Waals surface area contributed by atoms with Crippen LogP contribution in [0, 0.1) is 0 Å². The third kappa shape index (κ3) is 2.45. The van der Waals surface area contributed by atoms with E-state index in [9.17, 15) is 4.79 Å². The van der Waals surface area contributed by atoms with Gasteiger partial charge in [0, 0.05) is 10.8 Å². The highest BCUT2D eigenvalue weighted by atomic mass is 16.2. The molecule has 118 valence electrons. The minimum absolute atomic E-state index is 0.214. The molecule has 2 atom stereocenters. The van der Waals surface area contributed by atoms with Crippen molar-refractivity contribution in [3.05, 3.63) is 48.5 Å². The van der Waals surface area contributed by atoms with E-state index < -0.39 is 0 Å². The summed E-state index contributed by atoms with van der Waals surface area (Å²) in [6, 6.07) is 17.0. The van der Waals surface area contributed by atoms with Gasteiger partial charge in [-0.05, 0) is 38.3 Å². The zero-order valence-electron chi connectivity index (χ0n) is 13.6. The first-order valence-corrected chi connectivity index (χ1v) is 8.61. The summed E-state index contributed by atoms with van der Waals surface area (Å²) in [4.78, 5) is 14.5. The van der Waals surface area contributed by atoms with Crippen LogP contribution in [0.4, 0.5) is 0 Å². The van der Waals surface area contributed by atoms with Gasteiger partial charge in [0.25, 0.3) is 5.91 Å². The second kappa shape index (κ2) is 5.82. The normalized spacial score (nSPS) is 21.8. The molecule has 23 heavy (non-hydrogen) atoms. The van der Waals surface area contributed by atoms with Crippen LogP contribution in [0.2, 0.25) is 0 Å². The van der Waals surface area contributed by atoms with E-state index in [1.54, 1.807) is 0 Å². The molecule has 2 heterocycles. The van der Waals surface area contributed by atoms with Gasteiger partial charge in [-0.15, -0.1) is 0 Å². The molecular weight excluding hydrogens is 284 g/mol. The maximum Gasteiger partial charge on any atom is 0.286 e. The second-order valence-electron chi connectivity index (χ2n) is 6.75. The number of nitrogens with one attached hydrogen (secondary N) is 1. The van der Waals surface area contributed by atoms with Crippen LogP contribution in [0.1, 0.15) is 31.0 Å². The Bertz CT molecular complexity index is 811. The van der Waals surface area contributed by atoms with E-state index in [-0.39, 0.29) is 5.91 Å². The van der Waals surface area contributed by atoms with Crippen molar-refractivity contribution < 1.29 is 9.69 Å². The summed E-state index contributed by atoms with van der Waals surface area (Å²) in [6.45, 7) is 3.97. The molecule has 0 saturated carbocycles. The number of rotatable bonds is 2. The molecule has 3 heteroatoms. The van der Waals surface area contributed by atoms with Crippen molar-refractivity contribution in [1.82, 2.24) is 4.57 Å². The Balaban J connectivity index is 1.79. The Labute approximate surface area is 136 Å². The molecule has 0 spiro atoms. The molecule has 2 aromatic carbocycles. The minimum Gasteiger partial charge on any atom is -0.325 e. The molecule has 1 aliphatic rings. The summed E-state index contributed by atoms with van der Waals surface area (Å²) in [7, 11) is 0. The van der Waals surface area contributed by atoms with E-state index in [4.69, 9.17) is 0 Å². The predicted octanol–water partition coefficient (Wildman–Crippen LogP) is 2.89. The van der Waals surface area contributed by atoms with Gasteiger partial charge in [0.05, 0.1) is 23.6 Å². The van der Waals surface area contributed by atoms with Crippen molar-refractivity contribution in [2.75, 3.05) is 13.1 Å². The van der Waals surface area contributed by atoms with E-state index in [1.807, 2.05) is 28.8 Å². The molecule has 1 aromatic heterocycles. The summed E-state index contributed by atoms with van der Waals surface area (Å²) in [5, 5.41) is 2.33. The zero-order chi connectivity index (χ0) is 15.8. The summed E-state index contributed by atoms with van der Waals surface area (Å²) < 4.78 is 1.93. The van der Waals surface area contributed by atoms with E-state index >= 15 is 0 Å². The number of benzene rings is 2. The van der Waals surface area contributed by atoms with Crippen LogP contribution in [-0.4, -0.2) is 29.6 Å². The maximum absolute atomic E-state index is 13.1. The molecule has 1 aliphatic heterocycles. The highest BCUT2D eigenvalue weighted by Crippen LogP contribution is 2.28. The number of nitrogens with zero attached hydrogens (tertiary/aromatic N) is 1. The van der Waals surface area contributed by atoms with Gasteiger partial charge in [-0.3, -0.25) is 9.36 Å². The van der Waals surface area contributed by atoms with Gasteiger partial charge in [0.2, 0.25) is 0 Å². The van der Waals surface area contributed by atoms with Gasteiger partial charge in [0.1, 0.15) is 0 Å². The zero-order valence-corrected chi connectivity index (χ0v) is 13.6. The Kier molecular flexibility index (Phi) is 3.66. The number of hydrogen-bond donors (Lipinski definition) is 1. The third-order valence-corrected chi connectivity index (χ3v) is 5.29. The fourth-order valence-corrected chi connectivity index (χ4v) is 3.98. The number of carbonyl (C=O) groups excluding carboxylic acids is 1. The number of carbonyl (C=O) groups is 1. The second-order valence-corrected chi connectivity index (χ2v) is 6.75. The highest BCUT2D eigenvalue weighted by molar-refractivity contribution is 6.13. The lowest BCUT2D eigenvalue weighted by molar-refractivity contribution is -0.920. The lowest BCUT2D eigenvalue weighted by Crippen LogP contribution is -3.17. The Morgan fingerprint density at radius 2 is 1.65 bits per heavy atom. The van der Waals surface area contributed by atoms with Gasteiger partial charge in [-0.2, -0.15) is 0 Å². The van der Waals surface area contributed by atoms with E-state index in [0.717, 1.165) is 28.4 Å². The highest BCUT2D eigenvalue weighted by Gasteiger charge is 2.26. The fourth-order valence-electron chi connectivity index (χ4n) is 3.98. The van der Waals surface area contributed by atoms with E-state index in [1.165, 1.54) is 24.2 Å². The standard InChI is InChI=1S/C20H22N2O/c1-15-8-6-7-13-21(15)14-20(23)22-18-11-4-2-9-16(18)17-10-3-5-12-19(17)22/h2-5,9-12,15H,6-8,13-14H2,1H3/p+1. The summed E-state index contributed by atoms with van der Waals surface area (Å²) in [5.74, 6) is 0.214. The molecule has 1 fully saturated rings. The first-order chi connectivity index (χ1) is 11.3. The summed E-state index contributed by atoms with van der Waals surface area (Å²) in [6.07, 6.45) is 3.77. The topological polar surface area (TPSA) is 26.4 Å². The molecular formula is C20H23N2O+. The molecule has 1 N–H and O–H groups in total. The summed E-state index contributed by atoms with van der Waals surface area (Å²) in [5.41, 5.74) is 2.06. The molecule has 2 unspecified atom stereocenters. The average molecular weight is 307 g/mol. The SMILES string of the molecule is CC1CCCC[NH+]1CC(=O)n1c2ccccc2c2ccccc21. The van der Waals surface area contributed by atoms with Crippen LogP contribution in [0.15, 0.2) is 48.5 Å². The number of piperidine rings is 1. The number of hydrogen-bond acceptors (Lipinski definition) is 1. The van der Waals surface area contributed by atoms with Crippen LogP contribution >= 0.6 is 0 Å². The maximum atomic E-state index is 13.1. The van der Waals surface area contributed by atoms with E-state index in [0.29, 0.717) is 12.6 Å². The molecule has 0 radical (unpaired) electrons. The van der Waals surface area contributed by atoms with Crippen molar-refractivity contribution in [2.24, 2.45) is 0 Å². The lowest BCUT2D eigenvalue weighted by Gasteiger charge is -2.29. The van der Waals surface area contributed by atoms with Crippen molar-refractivity contribution in [3.8, 4) is 0 Å². The van der Waals surface area contributed by atoms with Crippen LogP contribution in [-0.2, 0) is 0 Å². The van der Waals surface area contributed by atoms with Gasteiger partial charge in [-0.25, -0.2) is 0 Å². The van der Waals surface area contributed by atoms with Crippen LogP contribution < -0.4 is 4.90 Å². The first kappa shape index (κ1) is 14.5.